The Hall–Kier alpha value is -1.95. The third kappa shape index (κ3) is 3.33. The van der Waals surface area contributed by atoms with Gasteiger partial charge in [0.2, 0.25) is 5.89 Å². The van der Waals surface area contributed by atoms with Gasteiger partial charge in [-0.2, -0.15) is 0 Å². The number of hydrogen-bond acceptors (Lipinski definition) is 5. The molecule has 1 atom stereocenters. The Morgan fingerprint density at radius 2 is 2.15 bits per heavy atom. The number of halogens is 1. The van der Waals surface area contributed by atoms with Crippen LogP contribution in [-0.4, -0.2) is 16.7 Å². The van der Waals surface area contributed by atoms with Crippen LogP contribution >= 0.6 is 0 Å². The molecule has 2 N–H and O–H groups in total. The monoisotopic (exact) mass is 278 g/mol. The van der Waals surface area contributed by atoms with Crippen LogP contribution in [0.25, 0.3) is 0 Å². The van der Waals surface area contributed by atoms with Gasteiger partial charge < -0.3 is 15.1 Å². The second-order valence-electron chi connectivity index (χ2n) is 4.68. The summed E-state index contributed by atoms with van der Waals surface area (Å²) in [5.74, 6) is 0.136. The molecule has 108 valence electrons. The fourth-order valence-corrected chi connectivity index (χ4v) is 1.81. The number of para-hydroxylation sites is 1. The first-order valence-electron chi connectivity index (χ1n) is 6.70. The zero-order valence-corrected chi connectivity index (χ0v) is 11.9. The Morgan fingerprint density at radius 1 is 1.35 bits per heavy atom. The highest BCUT2D eigenvalue weighted by molar-refractivity contribution is 5.57. The molecule has 20 heavy (non-hydrogen) atoms. The molecule has 0 aliphatic rings. The van der Waals surface area contributed by atoms with E-state index in [2.05, 4.69) is 27.8 Å². The SMILES string of the molecule is CCCNC(C)c1nnc(Nc2c(C)cccc2F)o1. The van der Waals surface area contributed by atoms with E-state index in [1.54, 1.807) is 6.07 Å². The van der Waals surface area contributed by atoms with Crippen molar-refractivity contribution in [1.82, 2.24) is 15.5 Å². The second kappa shape index (κ2) is 6.47. The molecule has 6 heteroatoms. The van der Waals surface area contributed by atoms with Gasteiger partial charge in [0, 0.05) is 0 Å². The maximum atomic E-state index is 13.7. The van der Waals surface area contributed by atoms with E-state index in [1.807, 2.05) is 19.9 Å². The van der Waals surface area contributed by atoms with Gasteiger partial charge in [0.25, 0.3) is 0 Å². The van der Waals surface area contributed by atoms with Crippen LogP contribution in [0.3, 0.4) is 0 Å². The molecule has 2 rings (SSSR count). The molecule has 0 aliphatic carbocycles. The smallest absolute Gasteiger partial charge is 0.320 e. The molecule has 0 saturated carbocycles. The Labute approximate surface area is 117 Å². The predicted molar refractivity (Wildman–Crippen MR) is 75.4 cm³/mol. The summed E-state index contributed by atoms with van der Waals surface area (Å²) < 4.78 is 19.2. The Morgan fingerprint density at radius 3 is 2.85 bits per heavy atom. The Balaban J connectivity index is 2.10. The molecule has 0 bridgehead atoms. The summed E-state index contributed by atoms with van der Waals surface area (Å²) in [4.78, 5) is 0. The van der Waals surface area contributed by atoms with Crippen LogP contribution in [0.5, 0.6) is 0 Å². The van der Waals surface area contributed by atoms with Crippen molar-refractivity contribution >= 4 is 11.7 Å². The summed E-state index contributed by atoms with van der Waals surface area (Å²) in [5.41, 5.74) is 1.14. The molecule has 0 amide bonds. The average Bonchev–Trinajstić information content (AvgIpc) is 2.89. The molecular formula is C14H19FN4O. The highest BCUT2D eigenvalue weighted by Crippen LogP contribution is 2.23. The minimum Gasteiger partial charge on any atom is -0.406 e. The van der Waals surface area contributed by atoms with Crippen molar-refractivity contribution in [2.24, 2.45) is 0 Å². The maximum absolute atomic E-state index is 13.7. The lowest BCUT2D eigenvalue weighted by Crippen LogP contribution is -2.19. The van der Waals surface area contributed by atoms with E-state index in [0.29, 0.717) is 11.6 Å². The molecule has 0 fully saturated rings. The quantitative estimate of drug-likeness (QED) is 0.848. The van der Waals surface area contributed by atoms with Crippen LogP contribution in [0.2, 0.25) is 0 Å². The van der Waals surface area contributed by atoms with Crippen LogP contribution in [0.1, 0.15) is 37.8 Å². The zero-order valence-electron chi connectivity index (χ0n) is 11.9. The first-order valence-corrected chi connectivity index (χ1v) is 6.70. The van der Waals surface area contributed by atoms with Gasteiger partial charge in [-0.25, -0.2) is 4.39 Å². The zero-order chi connectivity index (χ0) is 14.5. The topological polar surface area (TPSA) is 63.0 Å². The van der Waals surface area contributed by atoms with E-state index >= 15 is 0 Å². The van der Waals surface area contributed by atoms with Crippen LogP contribution in [0.4, 0.5) is 16.1 Å². The van der Waals surface area contributed by atoms with E-state index < -0.39 is 0 Å². The van der Waals surface area contributed by atoms with Gasteiger partial charge in [-0.3, -0.25) is 0 Å². The van der Waals surface area contributed by atoms with Gasteiger partial charge in [0.15, 0.2) is 0 Å². The average molecular weight is 278 g/mol. The van der Waals surface area contributed by atoms with Crippen molar-refractivity contribution in [1.29, 1.82) is 0 Å². The van der Waals surface area contributed by atoms with Gasteiger partial charge in [-0.15, -0.1) is 5.10 Å². The fraction of sp³-hybridized carbons (Fsp3) is 0.429. The molecule has 0 spiro atoms. The lowest BCUT2D eigenvalue weighted by molar-refractivity contribution is 0.424. The van der Waals surface area contributed by atoms with Gasteiger partial charge in [-0.05, 0) is 38.4 Å². The number of aryl methyl sites for hydroxylation is 1. The highest BCUT2D eigenvalue weighted by atomic mass is 19.1. The summed E-state index contributed by atoms with van der Waals surface area (Å²) in [6.45, 7) is 6.72. The summed E-state index contributed by atoms with van der Waals surface area (Å²) in [7, 11) is 0. The van der Waals surface area contributed by atoms with Crippen LogP contribution < -0.4 is 10.6 Å². The molecule has 1 heterocycles. The molecule has 1 unspecified atom stereocenters. The minimum atomic E-state index is -0.345. The number of anilines is 2. The molecule has 0 saturated heterocycles. The lowest BCUT2D eigenvalue weighted by Gasteiger charge is -2.08. The number of aromatic nitrogens is 2. The summed E-state index contributed by atoms with van der Waals surface area (Å²) in [6.07, 6.45) is 1.03. The van der Waals surface area contributed by atoms with Crippen molar-refractivity contribution in [3.05, 3.63) is 35.5 Å². The van der Waals surface area contributed by atoms with Crippen molar-refractivity contribution in [2.75, 3.05) is 11.9 Å². The minimum absolute atomic E-state index is 0.0280. The van der Waals surface area contributed by atoms with Gasteiger partial charge in [0.05, 0.1) is 11.7 Å². The van der Waals surface area contributed by atoms with E-state index in [9.17, 15) is 4.39 Å². The highest BCUT2D eigenvalue weighted by Gasteiger charge is 2.14. The fourth-order valence-electron chi connectivity index (χ4n) is 1.81. The van der Waals surface area contributed by atoms with E-state index in [-0.39, 0.29) is 17.9 Å². The summed E-state index contributed by atoms with van der Waals surface area (Å²) >= 11 is 0. The van der Waals surface area contributed by atoms with Crippen molar-refractivity contribution in [2.45, 2.75) is 33.2 Å². The van der Waals surface area contributed by atoms with Crippen LogP contribution in [0, 0.1) is 12.7 Å². The number of nitrogens with zero attached hydrogens (tertiary/aromatic N) is 2. The van der Waals surface area contributed by atoms with E-state index in [1.165, 1.54) is 6.07 Å². The number of benzene rings is 1. The molecule has 5 nitrogen and oxygen atoms in total. The van der Waals surface area contributed by atoms with Gasteiger partial charge in [0.1, 0.15) is 5.82 Å². The van der Waals surface area contributed by atoms with Crippen molar-refractivity contribution in [3.8, 4) is 0 Å². The molecule has 1 aromatic carbocycles. The number of rotatable bonds is 6. The Kier molecular flexibility index (Phi) is 4.68. The first kappa shape index (κ1) is 14.5. The largest absolute Gasteiger partial charge is 0.406 e. The molecule has 2 aromatic rings. The Bertz CT molecular complexity index is 550. The van der Waals surface area contributed by atoms with Crippen molar-refractivity contribution in [3.63, 3.8) is 0 Å². The normalized spacial score (nSPS) is 12.4. The van der Waals surface area contributed by atoms with Crippen LogP contribution in [0.15, 0.2) is 22.6 Å². The summed E-state index contributed by atoms with van der Waals surface area (Å²) in [5, 5.41) is 13.9. The lowest BCUT2D eigenvalue weighted by atomic mass is 10.2. The van der Waals surface area contributed by atoms with Gasteiger partial charge >= 0.3 is 6.01 Å². The molecule has 1 aromatic heterocycles. The first-order chi connectivity index (χ1) is 9.61. The predicted octanol–water partition coefficient (Wildman–Crippen LogP) is 3.32. The second-order valence-corrected chi connectivity index (χ2v) is 4.68. The third-order valence-electron chi connectivity index (χ3n) is 2.97. The third-order valence-corrected chi connectivity index (χ3v) is 2.97. The summed E-state index contributed by atoms with van der Waals surface area (Å²) in [6, 6.07) is 5.02. The molecular weight excluding hydrogens is 259 g/mol. The van der Waals surface area contributed by atoms with Gasteiger partial charge in [-0.1, -0.05) is 24.2 Å². The van der Waals surface area contributed by atoms with E-state index in [0.717, 1.165) is 18.5 Å². The van der Waals surface area contributed by atoms with Crippen LogP contribution in [-0.2, 0) is 0 Å². The van der Waals surface area contributed by atoms with E-state index in [4.69, 9.17) is 4.42 Å². The molecule has 0 radical (unpaired) electrons. The molecule has 0 aliphatic heterocycles. The number of nitrogens with one attached hydrogen (secondary N) is 2. The maximum Gasteiger partial charge on any atom is 0.320 e. The standard InChI is InChI=1S/C14H19FN4O/c1-4-8-16-10(3)13-18-19-14(20-13)17-12-9(2)6-5-7-11(12)15/h5-7,10,16H,4,8H2,1-3H3,(H,17,19). The number of hydrogen-bond donors (Lipinski definition) is 2. The van der Waals surface area contributed by atoms with Crippen molar-refractivity contribution < 1.29 is 8.81 Å².